The van der Waals surface area contributed by atoms with Gasteiger partial charge in [0.05, 0.1) is 5.54 Å². The maximum Gasteiger partial charge on any atom is 0.246 e. The van der Waals surface area contributed by atoms with Crippen LogP contribution in [0.2, 0.25) is 0 Å². The van der Waals surface area contributed by atoms with Crippen molar-refractivity contribution in [2.75, 3.05) is 7.11 Å². The molecule has 1 aromatic heterocycles. The van der Waals surface area contributed by atoms with Gasteiger partial charge in [-0.15, -0.1) is 0 Å². The molecule has 2 saturated carbocycles. The minimum absolute atomic E-state index is 0.349. The highest BCUT2D eigenvalue weighted by Gasteiger charge is 2.43. The summed E-state index contributed by atoms with van der Waals surface area (Å²) in [7, 11) is 1.74. The van der Waals surface area contributed by atoms with Crippen LogP contribution < -0.4 is 5.73 Å². The van der Waals surface area contributed by atoms with Crippen LogP contribution in [0.15, 0.2) is 4.52 Å². The summed E-state index contributed by atoms with van der Waals surface area (Å²) in [5.74, 6) is 1.91. The Kier molecular flexibility index (Phi) is 3.58. The van der Waals surface area contributed by atoms with Gasteiger partial charge in [0.2, 0.25) is 11.7 Å². The fourth-order valence-electron chi connectivity index (χ4n) is 3.86. The highest BCUT2D eigenvalue weighted by molar-refractivity contribution is 5.10. The van der Waals surface area contributed by atoms with E-state index in [1.165, 1.54) is 6.42 Å². The normalized spacial score (nSPS) is 33.5. The SMILES string of the molecule is COC1(c2noc(C3(N)CCCC(C)C3)n2)CCCC1. The zero-order valence-corrected chi connectivity index (χ0v) is 12.5. The lowest BCUT2D eigenvalue weighted by Crippen LogP contribution is -2.41. The molecule has 0 amide bonds. The summed E-state index contributed by atoms with van der Waals surface area (Å²) in [5, 5.41) is 4.20. The predicted octanol–water partition coefficient (Wildman–Crippen LogP) is 2.85. The van der Waals surface area contributed by atoms with E-state index < -0.39 is 5.54 Å². The van der Waals surface area contributed by atoms with Gasteiger partial charge in [-0.3, -0.25) is 0 Å². The van der Waals surface area contributed by atoms with Crippen LogP contribution in [-0.4, -0.2) is 17.3 Å². The summed E-state index contributed by atoms with van der Waals surface area (Å²) in [4.78, 5) is 4.64. The summed E-state index contributed by atoms with van der Waals surface area (Å²) < 4.78 is 11.2. The van der Waals surface area contributed by atoms with Crippen molar-refractivity contribution >= 4 is 0 Å². The van der Waals surface area contributed by atoms with Gasteiger partial charge in [0.1, 0.15) is 5.60 Å². The highest BCUT2D eigenvalue weighted by atomic mass is 16.5. The molecule has 5 heteroatoms. The van der Waals surface area contributed by atoms with Gasteiger partial charge in [0.15, 0.2) is 0 Å². The molecule has 2 N–H and O–H groups in total. The van der Waals surface area contributed by atoms with Crippen molar-refractivity contribution in [1.82, 2.24) is 10.1 Å². The largest absolute Gasteiger partial charge is 0.370 e. The molecular weight excluding hydrogens is 254 g/mol. The van der Waals surface area contributed by atoms with Gasteiger partial charge in [0, 0.05) is 7.11 Å². The van der Waals surface area contributed by atoms with Crippen LogP contribution in [-0.2, 0) is 15.9 Å². The minimum atomic E-state index is -0.448. The van der Waals surface area contributed by atoms with Crippen LogP contribution in [0.5, 0.6) is 0 Å². The highest BCUT2D eigenvalue weighted by Crippen LogP contribution is 2.42. The molecule has 1 heterocycles. The Morgan fingerprint density at radius 1 is 1.25 bits per heavy atom. The molecule has 2 fully saturated rings. The quantitative estimate of drug-likeness (QED) is 0.921. The van der Waals surface area contributed by atoms with Crippen LogP contribution >= 0.6 is 0 Å². The molecule has 0 aromatic carbocycles. The second kappa shape index (κ2) is 5.11. The van der Waals surface area contributed by atoms with E-state index in [9.17, 15) is 0 Å². The summed E-state index contributed by atoms with van der Waals surface area (Å²) in [5.41, 5.74) is 5.73. The standard InChI is InChI=1S/C15H25N3O2/c1-11-6-5-7-14(16,10-11)13-17-12(18-20-13)15(19-2)8-3-4-9-15/h11H,3-10,16H2,1-2H3. The lowest BCUT2D eigenvalue weighted by Gasteiger charge is -2.33. The van der Waals surface area contributed by atoms with E-state index in [2.05, 4.69) is 17.1 Å². The van der Waals surface area contributed by atoms with Crippen molar-refractivity contribution in [3.8, 4) is 0 Å². The zero-order valence-electron chi connectivity index (χ0n) is 12.5. The number of methoxy groups -OCH3 is 1. The minimum Gasteiger partial charge on any atom is -0.370 e. The van der Waals surface area contributed by atoms with E-state index in [0.717, 1.165) is 44.9 Å². The summed E-state index contributed by atoms with van der Waals surface area (Å²) in [6, 6.07) is 0. The Labute approximate surface area is 120 Å². The average Bonchev–Trinajstić information content (AvgIpc) is 3.08. The Hall–Kier alpha value is -0.940. The molecule has 112 valence electrons. The number of hydrogen-bond acceptors (Lipinski definition) is 5. The first-order valence-electron chi connectivity index (χ1n) is 7.77. The number of nitrogens with zero attached hydrogens (tertiary/aromatic N) is 2. The third-order valence-corrected chi connectivity index (χ3v) is 5.09. The number of ether oxygens (including phenoxy) is 1. The first-order valence-corrected chi connectivity index (χ1v) is 7.77. The van der Waals surface area contributed by atoms with E-state index in [1.54, 1.807) is 7.11 Å². The molecule has 2 unspecified atom stereocenters. The summed E-state index contributed by atoms with van der Waals surface area (Å²) in [6.45, 7) is 2.24. The average molecular weight is 279 g/mol. The second-order valence-electron chi connectivity index (χ2n) is 6.69. The van der Waals surface area contributed by atoms with Crippen LogP contribution in [0.4, 0.5) is 0 Å². The molecule has 2 atom stereocenters. The lowest BCUT2D eigenvalue weighted by atomic mass is 9.77. The van der Waals surface area contributed by atoms with E-state index in [4.69, 9.17) is 15.0 Å². The van der Waals surface area contributed by atoms with Crippen molar-refractivity contribution in [2.24, 2.45) is 11.7 Å². The molecule has 0 saturated heterocycles. The predicted molar refractivity (Wildman–Crippen MR) is 75.0 cm³/mol. The van der Waals surface area contributed by atoms with E-state index in [1.807, 2.05) is 0 Å². The molecule has 1 aromatic rings. The summed E-state index contributed by atoms with van der Waals surface area (Å²) in [6.07, 6.45) is 8.47. The maximum atomic E-state index is 6.53. The molecule has 5 nitrogen and oxygen atoms in total. The topological polar surface area (TPSA) is 74.2 Å². The second-order valence-corrected chi connectivity index (χ2v) is 6.69. The fraction of sp³-hybridized carbons (Fsp3) is 0.867. The van der Waals surface area contributed by atoms with E-state index >= 15 is 0 Å². The zero-order chi connectivity index (χ0) is 14.2. The van der Waals surface area contributed by atoms with Gasteiger partial charge in [-0.25, -0.2) is 0 Å². The van der Waals surface area contributed by atoms with Gasteiger partial charge >= 0.3 is 0 Å². The lowest BCUT2D eigenvalue weighted by molar-refractivity contribution is -0.0178. The van der Waals surface area contributed by atoms with Crippen molar-refractivity contribution in [3.05, 3.63) is 11.7 Å². The first-order chi connectivity index (χ1) is 9.58. The number of rotatable bonds is 3. The molecular formula is C15H25N3O2. The van der Waals surface area contributed by atoms with Gasteiger partial charge in [-0.05, 0) is 44.4 Å². The molecule has 0 spiro atoms. The molecule has 0 aliphatic heterocycles. The van der Waals surface area contributed by atoms with E-state index in [-0.39, 0.29) is 5.60 Å². The van der Waals surface area contributed by atoms with Crippen LogP contribution in [0.25, 0.3) is 0 Å². The molecule has 0 radical (unpaired) electrons. The van der Waals surface area contributed by atoms with E-state index in [0.29, 0.717) is 17.6 Å². The molecule has 2 aliphatic rings. The maximum absolute atomic E-state index is 6.53. The number of hydrogen-bond donors (Lipinski definition) is 1. The van der Waals surface area contributed by atoms with Crippen LogP contribution in [0, 0.1) is 5.92 Å². The Bertz CT molecular complexity index is 467. The Morgan fingerprint density at radius 2 is 2.00 bits per heavy atom. The van der Waals surface area contributed by atoms with Gasteiger partial charge in [-0.2, -0.15) is 4.98 Å². The van der Waals surface area contributed by atoms with Crippen molar-refractivity contribution < 1.29 is 9.26 Å². The molecule has 3 rings (SSSR count). The monoisotopic (exact) mass is 279 g/mol. The number of aromatic nitrogens is 2. The van der Waals surface area contributed by atoms with Crippen molar-refractivity contribution in [1.29, 1.82) is 0 Å². The third-order valence-electron chi connectivity index (χ3n) is 5.09. The van der Waals surface area contributed by atoms with Gasteiger partial charge in [-0.1, -0.05) is 24.9 Å². The van der Waals surface area contributed by atoms with Gasteiger partial charge < -0.3 is 15.0 Å². The smallest absolute Gasteiger partial charge is 0.246 e. The number of nitrogens with two attached hydrogens (primary N) is 1. The molecule has 0 bridgehead atoms. The summed E-state index contributed by atoms with van der Waals surface area (Å²) >= 11 is 0. The van der Waals surface area contributed by atoms with Crippen LogP contribution in [0.3, 0.4) is 0 Å². The first kappa shape index (κ1) is 14.0. The third kappa shape index (κ3) is 2.27. The Balaban J connectivity index is 1.86. The van der Waals surface area contributed by atoms with Gasteiger partial charge in [0.25, 0.3) is 0 Å². The fourth-order valence-corrected chi connectivity index (χ4v) is 3.86. The molecule has 20 heavy (non-hydrogen) atoms. The molecule has 2 aliphatic carbocycles. The van der Waals surface area contributed by atoms with Crippen LogP contribution in [0.1, 0.15) is 70.0 Å². The van der Waals surface area contributed by atoms with Crippen molar-refractivity contribution in [3.63, 3.8) is 0 Å². The van der Waals surface area contributed by atoms with Crippen molar-refractivity contribution in [2.45, 2.75) is 69.4 Å². The Morgan fingerprint density at radius 3 is 2.65 bits per heavy atom.